The van der Waals surface area contributed by atoms with Gasteiger partial charge in [-0.15, -0.1) is 11.8 Å². The highest BCUT2D eigenvalue weighted by Crippen LogP contribution is 2.43. The third-order valence-electron chi connectivity index (χ3n) is 5.60. The third kappa shape index (κ3) is 2.83. The second-order valence-electron chi connectivity index (χ2n) is 7.35. The van der Waals surface area contributed by atoms with Crippen molar-refractivity contribution in [2.45, 2.75) is 36.0 Å². The lowest BCUT2D eigenvalue weighted by Crippen LogP contribution is -2.31. The Morgan fingerprint density at radius 3 is 3.04 bits per heavy atom. The van der Waals surface area contributed by atoms with E-state index in [-0.39, 0.29) is 17.8 Å². The topological polar surface area (TPSA) is 46.9 Å². The van der Waals surface area contributed by atoms with E-state index in [1.165, 1.54) is 23.3 Å². The molecule has 3 aromatic rings. The summed E-state index contributed by atoms with van der Waals surface area (Å²) >= 11 is 1.62. The lowest BCUT2D eigenvalue weighted by Gasteiger charge is -2.26. The molecule has 142 valence electrons. The first-order chi connectivity index (χ1) is 13.6. The largest absolute Gasteiger partial charge is 0.344 e. The molecular formula is C22H20FN3OS. The van der Waals surface area contributed by atoms with Crippen LogP contribution < -0.4 is 5.32 Å². The SMILES string of the molecule is Cn1nc(C(=O)N[C@@H]2CCCc3ccccc32)c2c1-c1cc(F)ccc1SC2. The number of carbonyl (C=O) groups is 1. The number of hydrogen-bond acceptors (Lipinski definition) is 3. The second-order valence-corrected chi connectivity index (χ2v) is 8.36. The molecule has 28 heavy (non-hydrogen) atoms. The molecule has 0 fully saturated rings. The van der Waals surface area contributed by atoms with Crippen molar-refractivity contribution in [2.24, 2.45) is 7.05 Å². The Balaban J connectivity index is 1.49. The monoisotopic (exact) mass is 393 g/mol. The van der Waals surface area contributed by atoms with Gasteiger partial charge in [-0.1, -0.05) is 24.3 Å². The molecule has 1 amide bonds. The average Bonchev–Trinajstić information content (AvgIpc) is 3.05. The van der Waals surface area contributed by atoms with Crippen molar-refractivity contribution in [1.82, 2.24) is 15.1 Å². The number of aryl methyl sites for hydroxylation is 2. The summed E-state index contributed by atoms with van der Waals surface area (Å²) in [5, 5.41) is 7.70. The molecule has 0 spiro atoms. The molecule has 6 heteroatoms. The Hall–Kier alpha value is -2.60. The molecule has 0 unspecified atom stereocenters. The third-order valence-corrected chi connectivity index (χ3v) is 6.70. The number of benzene rings is 2. The minimum absolute atomic E-state index is 0.0103. The van der Waals surface area contributed by atoms with Crippen LogP contribution in [0.5, 0.6) is 0 Å². The number of thioether (sulfide) groups is 1. The molecule has 1 aliphatic heterocycles. The summed E-state index contributed by atoms with van der Waals surface area (Å²) in [4.78, 5) is 14.1. The fraction of sp³-hybridized carbons (Fsp3) is 0.273. The van der Waals surface area contributed by atoms with Crippen LogP contribution in [0.1, 0.15) is 46.1 Å². The van der Waals surface area contributed by atoms with Crippen LogP contribution in [0.25, 0.3) is 11.3 Å². The molecule has 5 rings (SSSR count). The van der Waals surface area contributed by atoms with Gasteiger partial charge >= 0.3 is 0 Å². The number of aromatic nitrogens is 2. The van der Waals surface area contributed by atoms with Gasteiger partial charge in [0.25, 0.3) is 5.91 Å². The van der Waals surface area contributed by atoms with Gasteiger partial charge in [0.2, 0.25) is 0 Å². The Labute approximate surface area is 167 Å². The average molecular weight is 393 g/mol. The van der Waals surface area contributed by atoms with Crippen LogP contribution in [0.3, 0.4) is 0 Å². The maximum absolute atomic E-state index is 13.8. The van der Waals surface area contributed by atoms with Gasteiger partial charge in [0.05, 0.1) is 11.7 Å². The number of nitrogens with zero attached hydrogens (tertiary/aromatic N) is 2. The van der Waals surface area contributed by atoms with Crippen LogP contribution in [0.2, 0.25) is 0 Å². The Morgan fingerprint density at radius 1 is 1.29 bits per heavy atom. The summed E-state index contributed by atoms with van der Waals surface area (Å²) in [6.45, 7) is 0. The maximum Gasteiger partial charge on any atom is 0.272 e. The zero-order chi connectivity index (χ0) is 19.3. The molecule has 1 aromatic heterocycles. The number of rotatable bonds is 2. The van der Waals surface area contributed by atoms with E-state index in [1.807, 2.05) is 19.2 Å². The number of nitrogens with one attached hydrogen (secondary N) is 1. The van der Waals surface area contributed by atoms with E-state index in [4.69, 9.17) is 0 Å². The molecule has 1 aliphatic carbocycles. The molecule has 2 aliphatic rings. The molecule has 1 atom stereocenters. The molecule has 0 saturated carbocycles. The van der Waals surface area contributed by atoms with Crippen LogP contribution in [-0.2, 0) is 19.2 Å². The number of halogens is 1. The van der Waals surface area contributed by atoms with Crippen LogP contribution in [0, 0.1) is 5.82 Å². The molecule has 2 aromatic carbocycles. The van der Waals surface area contributed by atoms with Gasteiger partial charge in [-0.2, -0.15) is 5.10 Å². The van der Waals surface area contributed by atoms with Crippen molar-refractivity contribution >= 4 is 17.7 Å². The van der Waals surface area contributed by atoms with E-state index in [0.717, 1.165) is 41.0 Å². The summed E-state index contributed by atoms with van der Waals surface area (Å²) in [6.07, 6.45) is 3.05. The van der Waals surface area contributed by atoms with Crippen LogP contribution in [0.4, 0.5) is 4.39 Å². The first-order valence-electron chi connectivity index (χ1n) is 9.49. The number of fused-ring (bicyclic) bond motifs is 4. The lowest BCUT2D eigenvalue weighted by atomic mass is 9.87. The van der Waals surface area contributed by atoms with Gasteiger partial charge in [0.15, 0.2) is 5.69 Å². The zero-order valence-electron chi connectivity index (χ0n) is 15.5. The van der Waals surface area contributed by atoms with Gasteiger partial charge in [-0.3, -0.25) is 9.48 Å². The summed E-state index contributed by atoms with van der Waals surface area (Å²) in [6, 6.07) is 13.1. The highest BCUT2D eigenvalue weighted by Gasteiger charge is 2.30. The predicted octanol–water partition coefficient (Wildman–Crippen LogP) is 4.64. The van der Waals surface area contributed by atoms with E-state index >= 15 is 0 Å². The molecule has 0 saturated heterocycles. The van der Waals surface area contributed by atoms with Gasteiger partial charge in [0, 0.05) is 28.8 Å². The fourth-order valence-corrected chi connectivity index (χ4v) is 5.37. The van der Waals surface area contributed by atoms with Crippen LogP contribution in [-0.4, -0.2) is 15.7 Å². The molecule has 0 bridgehead atoms. The van der Waals surface area contributed by atoms with E-state index in [2.05, 4.69) is 22.5 Å². The van der Waals surface area contributed by atoms with Gasteiger partial charge in [0.1, 0.15) is 5.82 Å². The van der Waals surface area contributed by atoms with Crippen molar-refractivity contribution in [1.29, 1.82) is 0 Å². The van der Waals surface area contributed by atoms with E-state index in [0.29, 0.717) is 11.4 Å². The molecule has 1 N–H and O–H groups in total. The fourth-order valence-electron chi connectivity index (χ4n) is 4.32. The van der Waals surface area contributed by atoms with Crippen molar-refractivity contribution in [2.75, 3.05) is 0 Å². The summed E-state index contributed by atoms with van der Waals surface area (Å²) in [7, 11) is 1.82. The van der Waals surface area contributed by atoms with Crippen LogP contribution in [0.15, 0.2) is 47.4 Å². The first-order valence-corrected chi connectivity index (χ1v) is 10.5. The van der Waals surface area contributed by atoms with Gasteiger partial charge < -0.3 is 5.32 Å². The molecular weight excluding hydrogens is 373 g/mol. The molecule has 2 heterocycles. The number of amides is 1. The highest BCUT2D eigenvalue weighted by molar-refractivity contribution is 7.98. The van der Waals surface area contributed by atoms with Crippen molar-refractivity contribution in [3.63, 3.8) is 0 Å². The Morgan fingerprint density at radius 2 is 2.14 bits per heavy atom. The number of hydrogen-bond donors (Lipinski definition) is 1. The van der Waals surface area contributed by atoms with Gasteiger partial charge in [-0.05, 0) is 48.6 Å². The predicted molar refractivity (Wildman–Crippen MR) is 108 cm³/mol. The lowest BCUT2D eigenvalue weighted by molar-refractivity contribution is 0.0926. The van der Waals surface area contributed by atoms with E-state index in [9.17, 15) is 9.18 Å². The molecule has 0 radical (unpaired) electrons. The van der Waals surface area contributed by atoms with Crippen molar-refractivity contribution < 1.29 is 9.18 Å². The van der Waals surface area contributed by atoms with E-state index in [1.54, 1.807) is 22.5 Å². The minimum atomic E-state index is -0.279. The summed E-state index contributed by atoms with van der Waals surface area (Å²) in [5.74, 6) is 0.225. The standard InChI is InChI=1S/C22H20FN3OS/c1-26-21-16-11-14(23)9-10-19(16)28-12-17(21)20(25-26)22(27)24-18-8-4-6-13-5-2-3-7-15(13)18/h2-3,5,7,9-11,18H,4,6,8,12H2,1H3,(H,24,27)/t18-/m1/s1. The Kier molecular flexibility index (Phi) is 4.23. The van der Waals surface area contributed by atoms with Crippen molar-refractivity contribution in [3.05, 3.63) is 70.7 Å². The van der Waals surface area contributed by atoms with Crippen molar-refractivity contribution in [3.8, 4) is 11.3 Å². The second kappa shape index (κ2) is 6.78. The van der Waals surface area contributed by atoms with E-state index < -0.39 is 0 Å². The van der Waals surface area contributed by atoms with Gasteiger partial charge in [-0.25, -0.2) is 4.39 Å². The zero-order valence-corrected chi connectivity index (χ0v) is 16.4. The quantitative estimate of drug-likeness (QED) is 0.690. The number of carbonyl (C=O) groups excluding carboxylic acids is 1. The maximum atomic E-state index is 13.8. The normalized spacial score (nSPS) is 17.4. The highest BCUT2D eigenvalue weighted by atomic mass is 32.2. The minimum Gasteiger partial charge on any atom is -0.344 e. The summed E-state index contributed by atoms with van der Waals surface area (Å²) < 4.78 is 15.5. The first kappa shape index (κ1) is 17.5. The van der Waals surface area contributed by atoms with Crippen LogP contribution >= 0.6 is 11.8 Å². The smallest absolute Gasteiger partial charge is 0.272 e. The summed E-state index contributed by atoms with van der Waals surface area (Å²) in [5.41, 5.74) is 5.48. The Bertz CT molecular complexity index is 1090. The molecule has 4 nitrogen and oxygen atoms in total.